The molecule has 3 aromatic rings. The molecule has 9 heteroatoms. The van der Waals surface area contributed by atoms with Gasteiger partial charge in [0.1, 0.15) is 11.2 Å². The first-order valence-electron chi connectivity index (χ1n) is 10.5. The molecule has 0 saturated carbocycles. The molecule has 4 rings (SSSR count). The fraction of sp³-hybridized carbons (Fsp3) is 0.391. The number of halogens is 1. The molecule has 3 heterocycles. The summed E-state index contributed by atoms with van der Waals surface area (Å²) in [5.74, 6) is 0.750. The molecule has 1 saturated heterocycles. The average Bonchev–Trinajstić information content (AvgIpc) is 2.67. The summed E-state index contributed by atoms with van der Waals surface area (Å²) < 4.78 is 8.03. The lowest BCUT2D eigenvalue weighted by Gasteiger charge is -2.39. The molecule has 8 nitrogen and oxygen atoms in total. The quantitative estimate of drug-likeness (QED) is 0.553. The van der Waals surface area contributed by atoms with E-state index in [1.54, 1.807) is 27.8 Å². The van der Waals surface area contributed by atoms with E-state index < -0.39 is 5.60 Å². The van der Waals surface area contributed by atoms with Crippen molar-refractivity contribution in [2.24, 2.45) is 5.92 Å². The van der Waals surface area contributed by atoms with Crippen LogP contribution in [0.5, 0.6) is 0 Å². The van der Waals surface area contributed by atoms with Gasteiger partial charge in [0, 0.05) is 47.4 Å². The molecule has 1 aromatic carbocycles. The molecule has 1 aliphatic rings. The number of amides is 1. The number of aromatic nitrogens is 3. The van der Waals surface area contributed by atoms with Gasteiger partial charge in [-0.3, -0.25) is 9.36 Å². The maximum atomic E-state index is 12.6. The highest BCUT2D eigenvalue weighted by atomic mass is 79.9. The predicted octanol–water partition coefficient (Wildman–Crippen LogP) is 4.55. The minimum atomic E-state index is -0.500. The minimum Gasteiger partial charge on any atom is -0.444 e. The van der Waals surface area contributed by atoms with Gasteiger partial charge in [-0.05, 0) is 57.4 Å². The van der Waals surface area contributed by atoms with Crippen molar-refractivity contribution in [3.63, 3.8) is 0 Å². The Morgan fingerprint density at radius 2 is 2.03 bits per heavy atom. The molecule has 0 aliphatic carbocycles. The third-order valence-electron chi connectivity index (χ3n) is 5.17. The van der Waals surface area contributed by atoms with Gasteiger partial charge in [0.15, 0.2) is 0 Å². The van der Waals surface area contributed by atoms with Crippen LogP contribution in [-0.2, 0) is 11.3 Å². The molecule has 1 N–H and O–H groups in total. The number of nitrogens with one attached hydrogen (secondary N) is 1. The lowest BCUT2D eigenvalue weighted by Crippen LogP contribution is -2.51. The molecular formula is C23H26BrN5O3. The second-order valence-electron chi connectivity index (χ2n) is 8.97. The number of pyridine rings is 1. The van der Waals surface area contributed by atoms with Crippen LogP contribution in [-0.4, -0.2) is 44.2 Å². The van der Waals surface area contributed by atoms with Crippen LogP contribution in [0.3, 0.4) is 0 Å². The highest BCUT2D eigenvalue weighted by Gasteiger charge is 2.33. The van der Waals surface area contributed by atoms with Gasteiger partial charge in [-0.25, -0.2) is 9.78 Å². The Kier molecular flexibility index (Phi) is 6.19. The van der Waals surface area contributed by atoms with Crippen LogP contribution in [0.25, 0.3) is 11.0 Å². The average molecular weight is 500 g/mol. The summed E-state index contributed by atoms with van der Waals surface area (Å²) in [6, 6.07) is 11.0. The molecule has 32 heavy (non-hydrogen) atoms. The molecule has 2 aromatic heterocycles. The highest BCUT2D eigenvalue weighted by molar-refractivity contribution is 9.10. The normalized spacial score (nSPS) is 14.3. The number of nitrogens with zero attached hydrogens (tertiary/aromatic N) is 4. The van der Waals surface area contributed by atoms with E-state index >= 15 is 0 Å². The monoisotopic (exact) mass is 499 g/mol. The van der Waals surface area contributed by atoms with Crippen molar-refractivity contribution in [1.82, 2.24) is 19.4 Å². The molecule has 0 spiro atoms. The van der Waals surface area contributed by atoms with E-state index in [-0.39, 0.29) is 11.7 Å². The standard InChI is InChI=1S/C23H26BrN5O3/c1-23(2,3)32-22(31)28-13-15(14-28)9-10-29-19(30)8-7-16-12-25-21(27-20(16)29)26-18-6-4-5-17(24)11-18/h4-8,11-12,15H,9-10,13-14H2,1-3H3,(H,25,26,27). The van der Waals surface area contributed by atoms with E-state index in [1.807, 2.05) is 45.0 Å². The molecule has 1 fully saturated rings. The number of rotatable bonds is 5. The number of carbonyl (C=O) groups is 1. The maximum Gasteiger partial charge on any atom is 0.410 e. The predicted molar refractivity (Wildman–Crippen MR) is 127 cm³/mol. The molecule has 0 unspecified atom stereocenters. The second-order valence-corrected chi connectivity index (χ2v) is 9.89. The Hall–Kier alpha value is -2.94. The second kappa shape index (κ2) is 8.90. The summed E-state index contributed by atoms with van der Waals surface area (Å²) in [6.07, 6.45) is 2.20. The Morgan fingerprint density at radius 3 is 2.75 bits per heavy atom. The van der Waals surface area contributed by atoms with E-state index in [9.17, 15) is 9.59 Å². The van der Waals surface area contributed by atoms with E-state index in [2.05, 4.69) is 31.2 Å². The lowest BCUT2D eigenvalue weighted by atomic mass is 9.97. The van der Waals surface area contributed by atoms with Gasteiger partial charge in [-0.1, -0.05) is 22.0 Å². The van der Waals surface area contributed by atoms with Crippen molar-refractivity contribution in [2.45, 2.75) is 39.3 Å². The third kappa shape index (κ3) is 5.27. The largest absolute Gasteiger partial charge is 0.444 e. The summed E-state index contributed by atoms with van der Waals surface area (Å²) in [5.41, 5.74) is 0.834. The van der Waals surface area contributed by atoms with E-state index in [0.717, 1.165) is 22.0 Å². The van der Waals surface area contributed by atoms with Gasteiger partial charge in [0.05, 0.1) is 0 Å². The smallest absolute Gasteiger partial charge is 0.410 e. The number of ether oxygens (including phenoxy) is 1. The van der Waals surface area contributed by atoms with Crippen molar-refractivity contribution in [2.75, 3.05) is 18.4 Å². The molecule has 1 aliphatic heterocycles. The highest BCUT2D eigenvalue weighted by Crippen LogP contribution is 2.24. The minimum absolute atomic E-state index is 0.104. The summed E-state index contributed by atoms with van der Waals surface area (Å²) >= 11 is 3.45. The zero-order chi connectivity index (χ0) is 22.9. The number of aryl methyl sites for hydroxylation is 1. The van der Waals surface area contributed by atoms with Crippen molar-refractivity contribution in [1.29, 1.82) is 0 Å². The summed E-state index contributed by atoms with van der Waals surface area (Å²) in [6.45, 7) is 7.37. The summed E-state index contributed by atoms with van der Waals surface area (Å²) in [5, 5.41) is 3.98. The van der Waals surface area contributed by atoms with Crippen LogP contribution in [0.15, 0.2) is 51.9 Å². The molecular weight excluding hydrogens is 474 g/mol. The van der Waals surface area contributed by atoms with Gasteiger partial charge in [-0.2, -0.15) is 4.98 Å². The molecule has 0 bridgehead atoms. The van der Waals surface area contributed by atoms with Crippen molar-refractivity contribution in [3.05, 3.63) is 57.4 Å². The van der Waals surface area contributed by atoms with E-state index in [1.165, 1.54) is 0 Å². The SMILES string of the molecule is CC(C)(C)OC(=O)N1CC(CCn2c(=O)ccc3cnc(Nc4cccc(Br)c4)nc32)C1. The number of carbonyl (C=O) groups excluding carboxylic acids is 1. The van der Waals surface area contributed by atoms with E-state index in [4.69, 9.17) is 4.74 Å². The van der Waals surface area contributed by atoms with Crippen LogP contribution in [0, 0.1) is 5.92 Å². The number of likely N-dealkylation sites (tertiary alicyclic amines) is 1. The zero-order valence-corrected chi connectivity index (χ0v) is 19.9. The van der Waals surface area contributed by atoms with Crippen molar-refractivity contribution < 1.29 is 9.53 Å². The summed E-state index contributed by atoms with van der Waals surface area (Å²) in [7, 11) is 0. The number of fused-ring (bicyclic) bond motifs is 1. The lowest BCUT2D eigenvalue weighted by molar-refractivity contribution is -0.00265. The number of hydrogen-bond acceptors (Lipinski definition) is 6. The Balaban J connectivity index is 1.45. The van der Waals surface area contributed by atoms with Crippen LogP contribution < -0.4 is 10.9 Å². The Labute approximate surface area is 194 Å². The van der Waals surface area contributed by atoms with Gasteiger partial charge in [0.2, 0.25) is 5.95 Å². The van der Waals surface area contributed by atoms with Crippen LogP contribution in [0.4, 0.5) is 16.4 Å². The molecule has 168 valence electrons. The molecule has 1 amide bonds. The molecule has 0 radical (unpaired) electrons. The first kappa shape index (κ1) is 22.3. The first-order valence-corrected chi connectivity index (χ1v) is 11.3. The van der Waals surface area contributed by atoms with Gasteiger partial charge in [0.25, 0.3) is 5.56 Å². The third-order valence-corrected chi connectivity index (χ3v) is 5.67. The van der Waals surface area contributed by atoms with Gasteiger partial charge in [-0.15, -0.1) is 0 Å². The topological polar surface area (TPSA) is 89.4 Å². The van der Waals surface area contributed by atoms with Crippen LogP contribution >= 0.6 is 15.9 Å². The number of hydrogen-bond donors (Lipinski definition) is 1. The fourth-order valence-corrected chi connectivity index (χ4v) is 3.98. The fourth-order valence-electron chi connectivity index (χ4n) is 3.58. The van der Waals surface area contributed by atoms with E-state index in [0.29, 0.717) is 37.1 Å². The van der Waals surface area contributed by atoms with Gasteiger partial charge >= 0.3 is 6.09 Å². The maximum absolute atomic E-state index is 12.6. The molecule has 0 atom stereocenters. The van der Waals surface area contributed by atoms with Crippen molar-refractivity contribution >= 4 is 44.7 Å². The van der Waals surface area contributed by atoms with Crippen molar-refractivity contribution in [3.8, 4) is 0 Å². The van der Waals surface area contributed by atoms with Crippen LogP contribution in [0.2, 0.25) is 0 Å². The zero-order valence-electron chi connectivity index (χ0n) is 18.3. The number of anilines is 2. The van der Waals surface area contributed by atoms with Gasteiger partial charge < -0.3 is 15.0 Å². The number of benzene rings is 1. The Bertz CT molecular complexity index is 1200. The van der Waals surface area contributed by atoms with Crippen LogP contribution in [0.1, 0.15) is 27.2 Å². The Morgan fingerprint density at radius 1 is 1.25 bits per heavy atom. The summed E-state index contributed by atoms with van der Waals surface area (Å²) in [4.78, 5) is 35.4. The first-order chi connectivity index (χ1) is 15.2.